The minimum absolute atomic E-state index is 0.188. The molecule has 2 aliphatic rings. The van der Waals surface area contributed by atoms with Crippen molar-refractivity contribution in [3.05, 3.63) is 64.7 Å². The lowest BCUT2D eigenvalue weighted by Crippen LogP contribution is -2.52. The molecule has 2 aromatic carbocycles. The molecule has 2 aromatic rings. The van der Waals surface area contributed by atoms with E-state index in [1.807, 2.05) is 30.3 Å². The van der Waals surface area contributed by atoms with Gasteiger partial charge in [-0.3, -0.25) is 19.7 Å². The molecule has 31 heavy (non-hydrogen) atoms. The molecule has 0 aliphatic carbocycles. The van der Waals surface area contributed by atoms with E-state index in [0.717, 1.165) is 22.4 Å². The van der Waals surface area contributed by atoms with Crippen LogP contribution >= 0.6 is 0 Å². The zero-order valence-electron chi connectivity index (χ0n) is 17.1. The summed E-state index contributed by atoms with van der Waals surface area (Å²) in [5, 5.41) is 2.31. The molecule has 158 valence electrons. The summed E-state index contributed by atoms with van der Waals surface area (Å²) in [6.07, 6.45) is 0.590. The highest BCUT2D eigenvalue weighted by Crippen LogP contribution is 2.28. The van der Waals surface area contributed by atoms with Crippen molar-refractivity contribution < 1.29 is 23.9 Å². The number of carbonyl (C=O) groups excluding carboxylic acids is 3. The number of rotatable bonds is 5. The molecule has 1 atom stereocenters. The zero-order valence-corrected chi connectivity index (χ0v) is 17.1. The van der Waals surface area contributed by atoms with Crippen molar-refractivity contribution in [3.8, 4) is 17.6 Å². The second-order valence-corrected chi connectivity index (χ2v) is 7.41. The van der Waals surface area contributed by atoms with E-state index >= 15 is 0 Å². The van der Waals surface area contributed by atoms with Gasteiger partial charge < -0.3 is 14.4 Å². The van der Waals surface area contributed by atoms with Crippen molar-refractivity contribution in [3.63, 3.8) is 0 Å². The SMILES string of the molecule is COc1ccc(COCC#Cc2ccc3c(c2)CN(C2CCC(=O)NC2=O)C3=O)cc1. The molecule has 0 saturated carbocycles. The molecule has 3 amide bonds. The van der Waals surface area contributed by atoms with E-state index in [1.165, 1.54) is 4.90 Å². The third-order valence-electron chi connectivity index (χ3n) is 5.36. The number of ether oxygens (including phenoxy) is 2. The van der Waals surface area contributed by atoms with Crippen LogP contribution in [0.25, 0.3) is 0 Å². The summed E-state index contributed by atoms with van der Waals surface area (Å²) >= 11 is 0. The minimum Gasteiger partial charge on any atom is -0.497 e. The minimum atomic E-state index is -0.613. The molecule has 4 rings (SSSR count). The summed E-state index contributed by atoms with van der Waals surface area (Å²) in [6, 6.07) is 12.4. The lowest BCUT2D eigenvalue weighted by Gasteiger charge is -2.29. The highest BCUT2D eigenvalue weighted by Gasteiger charge is 2.38. The van der Waals surface area contributed by atoms with Gasteiger partial charge in [-0.15, -0.1) is 0 Å². The Morgan fingerprint density at radius 1 is 1.13 bits per heavy atom. The average molecular weight is 418 g/mol. The predicted molar refractivity (Wildman–Crippen MR) is 112 cm³/mol. The van der Waals surface area contributed by atoms with E-state index < -0.39 is 11.9 Å². The van der Waals surface area contributed by atoms with Crippen LogP contribution in [0.5, 0.6) is 5.75 Å². The van der Waals surface area contributed by atoms with Gasteiger partial charge in [0.2, 0.25) is 11.8 Å². The van der Waals surface area contributed by atoms with E-state index in [1.54, 1.807) is 19.2 Å². The number of amides is 3. The Labute approximate surface area is 180 Å². The molecule has 2 heterocycles. The first-order valence-electron chi connectivity index (χ1n) is 10.0. The predicted octanol–water partition coefficient (Wildman–Crippen LogP) is 2.02. The van der Waals surface area contributed by atoms with Crippen LogP contribution in [0.4, 0.5) is 0 Å². The Balaban J connectivity index is 1.34. The number of nitrogens with one attached hydrogen (secondary N) is 1. The number of imide groups is 1. The van der Waals surface area contributed by atoms with Crippen molar-refractivity contribution in [1.82, 2.24) is 10.2 Å². The summed E-state index contributed by atoms with van der Waals surface area (Å²) in [4.78, 5) is 37.7. The Bertz CT molecular complexity index is 1080. The first-order chi connectivity index (χ1) is 15.0. The summed E-state index contributed by atoms with van der Waals surface area (Å²) in [6.45, 7) is 1.08. The van der Waals surface area contributed by atoms with E-state index in [2.05, 4.69) is 17.2 Å². The molecule has 1 N–H and O–H groups in total. The number of fused-ring (bicyclic) bond motifs is 1. The van der Waals surface area contributed by atoms with Crippen molar-refractivity contribution in [2.45, 2.75) is 32.0 Å². The van der Waals surface area contributed by atoms with Gasteiger partial charge in [0.15, 0.2) is 0 Å². The first-order valence-corrected chi connectivity index (χ1v) is 10.0. The van der Waals surface area contributed by atoms with Crippen LogP contribution in [0.15, 0.2) is 42.5 Å². The monoisotopic (exact) mass is 418 g/mol. The van der Waals surface area contributed by atoms with Crippen LogP contribution in [0.1, 0.15) is 39.9 Å². The Hall–Kier alpha value is -3.63. The fourth-order valence-corrected chi connectivity index (χ4v) is 3.73. The highest BCUT2D eigenvalue weighted by atomic mass is 16.5. The molecule has 7 heteroatoms. The number of benzene rings is 2. The smallest absolute Gasteiger partial charge is 0.255 e. The quantitative estimate of drug-likeness (QED) is 0.456. The van der Waals surface area contributed by atoms with Crippen molar-refractivity contribution in [2.24, 2.45) is 0 Å². The largest absolute Gasteiger partial charge is 0.497 e. The maximum Gasteiger partial charge on any atom is 0.255 e. The van der Waals surface area contributed by atoms with Gasteiger partial charge in [-0.1, -0.05) is 24.0 Å². The zero-order chi connectivity index (χ0) is 21.8. The normalized spacial score (nSPS) is 17.6. The molecule has 2 aliphatic heterocycles. The lowest BCUT2D eigenvalue weighted by molar-refractivity contribution is -0.136. The molecular formula is C24H22N2O5. The van der Waals surface area contributed by atoms with Gasteiger partial charge in [0, 0.05) is 24.1 Å². The van der Waals surface area contributed by atoms with E-state index in [9.17, 15) is 14.4 Å². The fraction of sp³-hybridized carbons (Fsp3) is 0.292. The van der Waals surface area contributed by atoms with Gasteiger partial charge in [-0.2, -0.15) is 0 Å². The van der Waals surface area contributed by atoms with Crippen molar-refractivity contribution >= 4 is 17.7 Å². The van der Waals surface area contributed by atoms with E-state index in [0.29, 0.717) is 25.1 Å². The van der Waals surface area contributed by atoms with E-state index in [4.69, 9.17) is 9.47 Å². The highest BCUT2D eigenvalue weighted by molar-refractivity contribution is 6.05. The van der Waals surface area contributed by atoms with Gasteiger partial charge in [0.1, 0.15) is 18.4 Å². The molecular weight excluding hydrogens is 396 g/mol. The molecule has 1 saturated heterocycles. The van der Waals surface area contributed by atoms with Crippen molar-refractivity contribution in [2.75, 3.05) is 13.7 Å². The summed E-state index contributed by atoms with van der Waals surface area (Å²) < 4.78 is 10.7. The lowest BCUT2D eigenvalue weighted by atomic mass is 10.0. The van der Waals surface area contributed by atoms with Gasteiger partial charge in [0.25, 0.3) is 5.91 Å². The van der Waals surface area contributed by atoms with Crippen LogP contribution in [0, 0.1) is 11.8 Å². The molecule has 0 bridgehead atoms. The van der Waals surface area contributed by atoms with Crippen LogP contribution < -0.4 is 10.1 Å². The van der Waals surface area contributed by atoms with Gasteiger partial charge in [0.05, 0.1) is 13.7 Å². The van der Waals surface area contributed by atoms with Gasteiger partial charge >= 0.3 is 0 Å². The molecule has 0 radical (unpaired) electrons. The second-order valence-electron chi connectivity index (χ2n) is 7.41. The van der Waals surface area contributed by atoms with Crippen LogP contribution in [-0.2, 0) is 27.5 Å². The molecule has 1 unspecified atom stereocenters. The topological polar surface area (TPSA) is 84.9 Å². The average Bonchev–Trinajstić information content (AvgIpc) is 3.09. The number of hydrogen-bond donors (Lipinski definition) is 1. The van der Waals surface area contributed by atoms with E-state index in [-0.39, 0.29) is 24.8 Å². The Morgan fingerprint density at radius 2 is 1.94 bits per heavy atom. The maximum atomic E-state index is 12.7. The molecule has 1 fully saturated rings. The Kier molecular flexibility index (Phi) is 6.01. The molecule has 7 nitrogen and oxygen atoms in total. The number of carbonyl (C=O) groups is 3. The molecule has 0 aromatic heterocycles. The van der Waals surface area contributed by atoms with Gasteiger partial charge in [-0.05, 0) is 47.9 Å². The summed E-state index contributed by atoms with van der Waals surface area (Å²) in [5.41, 5.74) is 3.23. The summed E-state index contributed by atoms with van der Waals surface area (Å²) in [5.74, 6) is 5.95. The number of methoxy groups -OCH3 is 1. The fourth-order valence-electron chi connectivity index (χ4n) is 3.73. The van der Waals surface area contributed by atoms with Crippen LogP contribution in [0.2, 0.25) is 0 Å². The van der Waals surface area contributed by atoms with Crippen LogP contribution in [-0.4, -0.2) is 42.4 Å². The van der Waals surface area contributed by atoms with Gasteiger partial charge in [-0.25, -0.2) is 0 Å². The molecule has 0 spiro atoms. The Morgan fingerprint density at radius 3 is 2.68 bits per heavy atom. The first kappa shape index (κ1) is 20.6. The number of nitrogens with zero attached hydrogens (tertiary/aromatic N) is 1. The number of hydrogen-bond acceptors (Lipinski definition) is 5. The third-order valence-corrected chi connectivity index (χ3v) is 5.36. The van der Waals surface area contributed by atoms with Crippen LogP contribution in [0.3, 0.4) is 0 Å². The second kappa shape index (κ2) is 9.02. The number of piperidine rings is 1. The summed E-state index contributed by atoms with van der Waals surface area (Å²) in [7, 11) is 1.63. The third kappa shape index (κ3) is 4.60. The maximum absolute atomic E-state index is 12.7. The standard InChI is InChI=1S/C24H22N2O5/c1-30-19-7-4-17(5-8-19)15-31-12-2-3-16-6-9-20-18(13-16)14-26(24(20)29)21-10-11-22(27)25-23(21)28/h4-9,13,21H,10-12,14-15H2,1H3,(H,25,27,28). The van der Waals surface area contributed by atoms with Crippen molar-refractivity contribution in [1.29, 1.82) is 0 Å².